The van der Waals surface area contributed by atoms with Crippen molar-refractivity contribution in [1.29, 1.82) is 0 Å². The van der Waals surface area contributed by atoms with Crippen molar-refractivity contribution in [2.45, 2.75) is 18.7 Å². The summed E-state index contributed by atoms with van der Waals surface area (Å²) < 4.78 is 0. The van der Waals surface area contributed by atoms with Crippen molar-refractivity contribution in [1.82, 2.24) is 0 Å². The van der Waals surface area contributed by atoms with Gasteiger partial charge in [-0.1, -0.05) is 5.16 Å². The Labute approximate surface area is 94.7 Å². The second kappa shape index (κ2) is 5.07. The highest BCUT2D eigenvalue weighted by Crippen LogP contribution is 2.27. The predicted molar refractivity (Wildman–Crippen MR) is 66.6 cm³/mol. The third-order valence-corrected chi connectivity index (χ3v) is 3.06. The number of benzene rings is 1. The number of nitrogen functional groups attached to an aromatic ring is 1. The molecule has 0 spiro atoms. The van der Waals surface area contributed by atoms with Crippen LogP contribution in [0.4, 0.5) is 5.69 Å². The van der Waals surface area contributed by atoms with E-state index in [0.717, 1.165) is 22.5 Å². The average molecular weight is 224 g/mol. The fraction of sp³-hybridized carbons (Fsp3) is 0.364. The third-order valence-electron chi connectivity index (χ3n) is 2.28. The molecule has 0 aromatic heterocycles. The maximum Gasteiger partial charge on any atom is 0.106 e. The van der Waals surface area contributed by atoms with Crippen LogP contribution in [-0.4, -0.2) is 19.1 Å². The van der Waals surface area contributed by atoms with Crippen LogP contribution in [0.15, 0.2) is 22.2 Å². The Balaban J connectivity index is 3.36. The number of nitrogens with zero attached hydrogens (tertiary/aromatic N) is 1. The van der Waals surface area contributed by atoms with Crippen LogP contribution in [0.1, 0.15) is 18.1 Å². The molecule has 4 heteroatoms. The number of hydrogen-bond acceptors (Lipinski definition) is 4. The predicted octanol–water partition coefficient (Wildman–Crippen LogP) is 2.67. The van der Waals surface area contributed by atoms with Crippen LogP contribution in [0.5, 0.6) is 0 Å². The lowest BCUT2D eigenvalue weighted by Gasteiger charge is -2.12. The van der Waals surface area contributed by atoms with Gasteiger partial charge in [0, 0.05) is 16.1 Å². The van der Waals surface area contributed by atoms with Gasteiger partial charge < -0.3 is 10.6 Å². The Morgan fingerprint density at radius 1 is 1.47 bits per heavy atom. The summed E-state index contributed by atoms with van der Waals surface area (Å²) in [6.45, 7) is 3.92. The average Bonchev–Trinajstić information content (AvgIpc) is 2.22. The van der Waals surface area contributed by atoms with E-state index in [0.29, 0.717) is 0 Å². The van der Waals surface area contributed by atoms with E-state index in [1.807, 2.05) is 32.2 Å². The normalized spacial score (nSPS) is 11.6. The summed E-state index contributed by atoms with van der Waals surface area (Å²) in [6, 6.07) is 3.93. The van der Waals surface area contributed by atoms with E-state index in [2.05, 4.69) is 5.16 Å². The second-order valence-electron chi connectivity index (χ2n) is 3.22. The number of rotatable bonds is 3. The summed E-state index contributed by atoms with van der Waals surface area (Å²) in [6.07, 6.45) is 2.04. The molecule has 0 aliphatic rings. The van der Waals surface area contributed by atoms with E-state index in [4.69, 9.17) is 10.6 Å². The molecule has 0 atom stereocenters. The van der Waals surface area contributed by atoms with Gasteiger partial charge in [-0.05, 0) is 37.8 Å². The monoisotopic (exact) mass is 224 g/mol. The number of hydrogen-bond donors (Lipinski definition) is 1. The van der Waals surface area contributed by atoms with Gasteiger partial charge >= 0.3 is 0 Å². The summed E-state index contributed by atoms with van der Waals surface area (Å²) in [5.41, 5.74) is 9.64. The van der Waals surface area contributed by atoms with Crippen molar-refractivity contribution in [3.63, 3.8) is 0 Å². The molecule has 3 nitrogen and oxygen atoms in total. The number of oxime groups is 1. The van der Waals surface area contributed by atoms with Crippen molar-refractivity contribution < 1.29 is 4.84 Å². The fourth-order valence-corrected chi connectivity index (χ4v) is 2.21. The minimum absolute atomic E-state index is 0.786. The van der Waals surface area contributed by atoms with Gasteiger partial charge in [0.15, 0.2) is 0 Å². The Hall–Kier alpha value is -1.16. The molecule has 2 N–H and O–H groups in total. The van der Waals surface area contributed by atoms with Crippen LogP contribution in [-0.2, 0) is 4.84 Å². The summed E-state index contributed by atoms with van der Waals surface area (Å²) in [7, 11) is 1.55. The van der Waals surface area contributed by atoms with Crippen molar-refractivity contribution >= 4 is 23.2 Å². The van der Waals surface area contributed by atoms with Gasteiger partial charge in [-0.3, -0.25) is 0 Å². The largest absolute Gasteiger partial charge is 0.399 e. The lowest BCUT2D eigenvalue weighted by molar-refractivity contribution is 0.213. The molecular weight excluding hydrogens is 208 g/mol. The highest BCUT2D eigenvalue weighted by atomic mass is 32.2. The molecule has 0 saturated heterocycles. The van der Waals surface area contributed by atoms with Crippen LogP contribution in [0.2, 0.25) is 0 Å². The quantitative estimate of drug-likeness (QED) is 0.371. The first-order valence-corrected chi connectivity index (χ1v) is 5.85. The van der Waals surface area contributed by atoms with Gasteiger partial charge in [0.2, 0.25) is 0 Å². The zero-order valence-electron chi connectivity index (χ0n) is 9.50. The lowest BCUT2D eigenvalue weighted by Crippen LogP contribution is -2.04. The Morgan fingerprint density at radius 3 is 2.67 bits per heavy atom. The van der Waals surface area contributed by atoms with Gasteiger partial charge in [0.1, 0.15) is 7.11 Å². The Morgan fingerprint density at radius 2 is 2.13 bits per heavy atom. The number of thioether (sulfide) groups is 1. The van der Waals surface area contributed by atoms with Gasteiger partial charge in [-0.25, -0.2) is 0 Å². The van der Waals surface area contributed by atoms with Gasteiger partial charge in [-0.15, -0.1) is 11.8 Å². The van der Waals surface area contributed by atoms with Crippen LogP contribution in [0.3, 0.4) is 0 Å². The van der Waals surface area contributed by atoms with Crippen LogP contribution < -0.4 is 5.73 Å². The topological polar surface area (TPSA) is 47.6 Å². The number of anilines is 1. The molecule has 0 bridgehead atoms. The van der Waals surface area contributed by atoms with E-state index >= 15 is 0 Å². The van der Waals surface area contributed by atoms with E-state index in [-0.39, 0.29) is 0 Å². The van der Waals surface area contributed by atoms with Crippen molar-refractivity contribution in [2.24, 2.45) is 5.16 Å². The molecule has 1 aromatic carbocycles. The lowest BCUT2D eigenvalue weighted by atomic mass is 10.0. The second-order valence-corrected chi connectivity index (χ2v) is 4.06. The molecule has 0 fully saturated rings. The first-order valence-electron chi connectivity index (χ1n) is 4.63. The van der Waals surface area contributed by atoms with Crippen molar-refractivity contribution in [3.8, 4) is 0 Å². The maximum absolute atomic E-state index is 5.87. The Bertz CT molecular complexity index is 388. The molecule has 0 amide bonds. The first kappa shape index (κ1) is 11.9. The Kier molecular flexibility index (Phi) is 4.03. The van der Waals surface area contributed by atoms with Crippen LogP contribution in [0, 0.1) is 6.92 Å². The molecular formula is C11H16N2OS. The molecule has 82 valence electrons. The van der Waals surface area contributed by atoms with Crippen LogP contribution in [0.25, 0.3) is 0 Å². The standard InChI is InChI=1S/C11H16N2OS/c1-7-9(12)5-6-10(15-4)11(7)8(2)13-14-3/h5-6H,12H2,1-4H3. The van der Waals surface area contributed by atoms with E-state index in [9.17, 15) is 0 Å². The zero-order valence-corrected chi connectivity index (χ0v) is 10.3. The molecule has 0 aliphatic carbocycles. The highest BCUT2D eigenvalue weighted by Gasteiger charge is 2.11. The molecule has 0 heterocycles. The summed E-state index contributed by atoms with van der Waals surface area (Å²) in [4.78, 5) is 5.96. The summed E-state index contributed by atoms with van der Waals surface area (Å²) in [5, 5.41) is 3.95. The smallest absolute Gasteiger partial charge is 0.106 e. The van der Waals surface area contributed by atoms with E-state index in [1.165, 1.54) is 4.90 Å². The highest BCUT2D eigenvalue weighted by molar-refractivity contribution is 7.98. The van der Waals surface area contributed by atoms with Gasteiger partial charge in [-0.2, -0.15) is 0 Å². The van der Waals surface area contributed by atoms with Crippen molar-refractivity contribution in [3.05, 3.63) is 23.3 Å². The first-order chi connectivity index (χ1) is 7.11. The van der Waals surface area contributed by atoms with Gasteiger partial charge in [0.25, 0.3) is 0 Å². The zero-order chi connectivity index (χ0) is 11.4. The molecule has 15 heavy (non-hydrogen) atoms. The number of nitrogens with two attached hydrogens (primary N) is 1. The third kappa shape index (κ3) is 2.45. The molecule has 0 aliphatic heterocycles. The molecule has 1 aromatic rings. The van der Waals surface area contributed by atoms with E-state index in [1.54, 1.807) is 18.9 Å². The maximum atomic E-state index is 5.87. The van der Waals surface area contributed by atoms with Crippen molar-refractivity contribution in [2.75, 3.05) is 19.1 Å². The summed E-state index contributed by atoms with van der Waals surface area (Å²) >= 11 is 1.68. The SMILES string of the molecule is CON=C(C)c1c(SC)ccc(N)c1C. The molecule has 1 rings (SSSR count). The molecule has 0 unspecified atom stereocenters. The van der Waals surface area contributed by atoms with E-state index < -0.39 is 0 Å². The minimum atomic E-state index is 0.786. The summed E-state index contributed by atoms with van der Waals surface area (Å²) in [5.74, 6) is 0. The molecule has 0 saturated carbocycles. The molecule has 0 radical (unpaired) electrons. The van der Waals surface area contributed by atoms with Crippen LogP contribution >= 0.6 is 11.8 Å². The minimum Gasteiger partial charge on any atom is -0.399 e. The fourth-order valence-electron chi connectivity index (χ4n) is 1.51. The van der Waals surface area contributed by atoms with Gasteiger partial charge in [0.05, 0.1) is 5.71 Å².